The Hall–Kier alpha value is -4.05. The molecule has 0 aliphatic heterocycles. The van der Waals surface area contributed by atoms with Crippen molar-refractivity contribution in [3.63, 3.8) is 0 Å². The molecule has 35 heavy (non-hydrogen) atoms. The van der Waals surface area contributed by atoms with Crippen LogP contribution in [0.3, 0.4) is 0 Å². The number of fused-ring (bicyclic) bond motifs is 1. The lowest BCUT2D eigenvalue weighted by Gasteiger charge is -2.12. The molecule has 10 heteroatoms. The molecule has 0 unspecified atom stereocenters. The molecule has 5 rings (SSSR count). The van der Waals surface area contributed by atoms with Gasteiger partial charge in [0.1, 0.15) is 5.82 Å². The van der Waals surface area contributed by atoms with Gasteiger partial charge in [-0.05, 0) is 19.1 Å². The highest BCUT2D eigenvalue weighted by Crippen LogP contribution is 2.33. The molecular weight excluding hydrogens is 458 g/mol. The molecule has 0 saturated heterocycles. The number of nitrogens with zero attached hydrogens (tertiary/aromatic N) is 8. The van der Waals surface area contributed by atoms with Crippen molar-refractivity contribution >= 4 is 34.6 Å². The van der Waals surface area contributed by atoms with E-state index in [1.54, 1.807) is 4.90 Å². The van der Waals surface area contributed by atoms with E-state index in [0.717, 1.165) is 38.7 Å². The first-order valence-electron chi connectivity index (χ1n) is 11.2. The van der Waals surface area contributed by atoms with E-state index in [1.807, 2.05) is 50.5 Å². The van der Waals surface area contributed by atoms with Gasteiger partial charge < -0.3 is 15.2 Å². The van der Waals surface area contributed by atoms with Crippen LogP contribution in [0.25, 0.3) is 33.5 Å². The number of para-hydroxylation sites is 1. The molecule has 0 aliphatic rings. The number of hydrogen-bond acceptors (Lipinski definition) is 9. The third-order valence-corrected chi connectivity index (χ3v) is 6.44. The number of pyridine rings is 1. The van der Waals surface area contributed by atoms with Gasteiger partial charge in [0, 0.05) is 37.2 Å². The van der Waals surface area contributed by atoms with Gasteiger partial charge in [-0.3, -0.25) is 0 Å². The van der Waals surface area contributed by atoms with Crippen LogP contribution in [-0.2, 0) is 12.3 Å². The average Bonchev–Trinajstić information content (AvgIpc) is 3.29. The zero-order valence-electron chi connectivity index (χ0n) is 19.8. The highest BCUT2D eigenvalue weighted by molar-refractivity contribution is 7.98. The van der Waals surface area contributed by atoms with Crippen LogP contribution in [0, 0.1) is 0 Å². The van der Waals surface area contributed by atoms with Crippen LogP contribution in [0.15, 0.2) is 65.8 Å². The Balaban J connectivity index is 1.54. The van der Waals surface area contributed by atoms with E-state index in [-0.39, 0.29) is 5.95 Å². The van der Waals surface area contributed by atoms with Crippen LogP contribution in [0.4, 0.5) is 11.9 Å². The van der Waals surface area contributed by atoms with E-state index in [0.29, 0.717) is 24.1 Å². The highest BCUT2D eigenvalue weighted by atomic mass is 32.2. The Kier molecular flexibility index (Phi) is 6.28. The van der Waals surface area contributed by atoms with Gasteiger partial charge in [0.2, 0.25) is 11.9 Å². The van der Waals surface area contributed by atoms with E-state index < -0.39 is 0 Å². The third-order valence-electron chi connectivity index (χ3n) is 5.48. The first-order valence-corrected chi connectivity index (χ1v) is 12.2. The van der Waals surface area contributed by atoms with Gasteiger partial charge in [0.15, 0.2) is 11.0 Å². The molecule has 0 saturated carbocycles. The molecular formula is C25H25N9S. The predicted octanol–water partition coefficient (Wildman–Crippen LogP) is 4.31. The molecule has 3 heterocycles. The second kappa shape index (κ2) is 9.67. The van der Waals surface area contributed by atoms with Crippen molar-refractivity contribution in [2.45, 2.75) is 24.4 Å². The average molecular weight is 484 g/mol. The number of nitrogen functional groups attached to an aromatic ring is 1. The van der Waals surface area contributed by atoms with Crippen LogP contribution < -0.4 is 10.6 Å². The Morgan fingerprint density at radius 1 is 0.914 bits per heavy atom. The second-order valence-corrected chi connectivity index (χ2v) is 9.02. The number of benzene rings is 2. The summed E-state index contributed by atoms with van der Waals surface area (Å²) in [6.07, 6.45) is 0. The number of hydrogen-bond donors (Lipinski definition) is 1. The highest BCUT2D eigenvalue weighted by Gasteiger charge is 2.18. The Morgan fingerprint density at radius 3 is 2.46 bits per heavy atom. The van der Waals surface area contributed by atoms with Crippen LogP contribution in [0.2, 0.25) is 0 Å². The normalized spacial score (nSPS) is 11.2. The second-order valence-electron chi connectivity index (χ2n) is 8.08. The maximum atomic E-state index is 5.88. The number of rotatable bonds is 7. The van der Waals surface area contributed by atoms with Crippen molar-refractivity contribution in [1.29, 1.82) is 0 Å². The van der Waals surface area contributed by atoms with Gasteiger partial charge in [-0.2, -0.15) is 15.0 Å². The minimum Gasteiger partial charge on any atom is -0.368 e. The summed E-state index contributed by atoms with van der Waals surface area (Å²) in [5, 5.41) is 10.9. The van der Waals surface area contributed by atoms with Crippen molar-refractivity contribution in [2.75, 3.05) is 24.7 Å². The molecule has 2 aromatic carbocycles. The molecule has 3 aromatic heterocycles. The minimum absolute atomic E-state index is 0.202. The number of aromatic nitrogens is 7. The zero-order valence-corrected chi connectivity index (χ0v) is 20.6. The summed E-state index contributed by atoms with van der Waals surface area (Å²) < 4.78 is 2.11. The molecule has 0 aliphatic carbocycles. The van der Waals surface area contributed by atoms with E-state index >= 15 is 0 Å². The Bertz CT molecular complexity index is 1480. The quantitative estimate of drug-likeness (QED) is 0.338. The number of thioether (sulfide) groups is 1. The molecule has 5 aromatic rings. The molecule has 0 bridgehead atoms. The molecule has 0 amide bonds. The van der Waals surface area contributed by atoms with Gasteiger partial charge in [-0.15, -0.1) is 10.2 Å². The smallest absolute Gasteiger partial charge is 0.229 e. The van der Waals surface area contributed by atoms with Gasteiger partial charge in [-0.25, -0.2) is 4.98 Å². The number of anilines is 2. The number of nitrogens with two attached hydrogens (primary N) is 1. The van der Waals surface area contributed by atoms with E-state index in [4.69, 9.17) is 10.7 Å². The summed E-state index contributed by atoms with van der Waals surface area (Å²) >= 11 is 1.52. The predicted molar refractivity (Wildman–Crippen MR) is 140 cm³/mol. The zero-order chi connectivity index (χ0) is 24.4. The Labute approximate surface area is 207 Å². The molecule has 0 fully saturated rings. The summed E-state index contributed by atoms with van der Waals surface area (Å²) in [6.45, 7) is 2.80. The summed E-state index contributed by atoms with van der Waals surface area (Å²) in [7, 11) is 3.74. The van der Waals surface area contributed by atoms with Gasteiger partial charge >= 0.3 is 0 Å². The molecule has 0 atom stereocenters. The van der Waals surface area contributed by atoms with E-state index in [2.05, 4.69) is 60.9 Å². The molecule has 176 valence electrons. The van der Waals surface area contributed by atoms with Crippen LogP contribution in [0.5, 0.6) is 0 Å². The van der Waals surface area contributed by atoms with Crippen molar-refractivity contribution in [1.82, 2.24) is 34.7 Å². The van der Waals surface area contributed by atoms with Gasteiger partial charge in [0.05, 0.1) is 17.0 Å². The SMILES string of the molecule is CCn1c(SCc2nc(N)nc(N(C)C)n2)nnc1-c1cc(-c2ccccc2)nc2ccccc12. The summed E-state index contributed by atoms with van der Waals surface area (Å²) in [6, 6.07) is 20.4. The first kappa shape index (κ1) is 22.7. The summed E-state index contributed by atoms with van der Waals surface area (Å²) in [5.74, 6) is 2.63. The van der Waals surface area contributed by atoms with Gasteiger partial charge in [0.25, 0.3) is 0 Å². The minimum atomic E-state index is 0.202. The van der Waals surface area contributed by atoms with Crippen LogP contribution >= 0.6 is 11.8 Å². The largest absolute Gasteiger partial charge is 0.368 e. The fraction of sp³-hybridized carbons (Fsp3) is 0.200. The topological polar surface area (TPSA) is 112 Å². The van der Waals surface area contributed by atoms with Crippen LogP contribution in [-0.4, -0.2) is 48.8 Å². The molecule has 0 spiro atoms. The fourth-order valence-corrected chi connectivity index (χ4v) is 4.67. The molecule has 2 N–H and O–H groups in total. The van der Waals surface area contributed by atoms with Crippen molar-refractivity contribution < 1.29 is 0 Å². The molecule has 9 nitrogen and oxygen atoms in total. The summed E-state index contributed by atoms with van der Waals surface area (Å²) in [5.41, 5.74) is 9.75. The lowest BCUT2D eigenvalue weighted by atomic mass is 10.0. The van der Waals surface area contributed by atoms with Crippen LogP contribution in [0.1, 0.15) is 12.7 Å². The van der Waals surface area contributed by atoms with Crippen molar-refractivity contribution in [3.05, 3.63) is 66.5 Å². The molecule has 0 radical (unpaired) electrons. The monoisotopic (exact) mass is 483 g/mol. The van der Waals surface area contributed by atoms with Crippen molar-refractivity contribution in [2.24, 2.45) is 0 Å². The van der Waals surface area contributed by atoms with Crippen molar-refractivity contribution in [3.8, 4) is 22.6 Å². The van der Waals surface area contributed by atoms with Gasteiger partial charge in [-0.1, -0.05) is 60.3 Å². The van der Waals surface area contributed by atoms with E-state index in [9.17, 15) is 0 Å². The lowest BCUT2D eigenvalue weighted by molar-refractivity contribution is 0.687. The third kappa shape index (κ3) is 4.65. The first-order chi connectivity index (χ1) is 17.0. The fourth-order valence-electron chi connectivity index (χ4n) is 3.82. The maximum absolute atomic E-state index is 5.88. The summed E-state index contributed by atoms with van der Waals surface area (Å²) in [4.78, 5) is 19.6. The lowest BCUT2D eigenvalue weighted by Crippen LogP contribution is -2.16. The Morgan fingerprint density at radius 2 is 1.69 bits per heavy atom. The van der Waals surface area contributed by atoms with E-state index in [1.165, 1.54) is 11.8 Å². The standard InChI is InChI=1S/C25H25N9S/c1-4-34-22(31-32-25(34)35-15-21-28-23(26)30-24(29-21)33(2)3)18-14-20(16-10-6-5-7-11-16)27-19-13-9-8-12-17(18)19/h5-14H,4,15H2,1-3H3,(H2,26,28,29,30). The maximum Gasteiger partial charge on any atom is 0.229 e.